The van der Waals surface area contributed by atoms with Crippen LogP contribution < -0.4 is 4.74 Å². The number of hydrogen-bond donors (Lipinski definition) is 1. The molecule has 0 unspecified atom stereocenters. The van der Waals surface area contributed by atoms with Crippen molar-refractivity contribution in [3.05, 3.63) is 53.1 Å². The molecule has 1 aliphatic rings. The van der Waals surface area contributed by atoms with E-state index in [0.29, 0.717) is 18.1 Å². The van der Waals surface area contributed by atoms with E-state index < -0.39 is 18.1 Å². The van der Waals surface area contributed by atoms with Gasteiger partial charge in [-0.25, -0.2) is 0 Å². The second-order valence-corrected chi connectivity index (χ2v) is 7.94. The van der Waals surface area contributed by atoms with Crippen LogP contribution in [0.4, 0.5) is 0 Å². The molecule has 0 heterocycles. The maximum absolute atomic E-state index is 12.9. The molecule has 1 N–H and O–H groups in total. The van der Waals surface area contributed by atoms with E-state index in [1.54, 1.807) is 20.3 Å². The maximum Gasteiger partial charge on any atom is 0.170 e. The van der Waals surface area contributed by atoms with Gasteiger partial charge >= 0.3 is 0 Å². The van der Waals surface area contributed by atoms with Gasteiger partial charge in [0, 0.05) is 12.7 Å². The summed E-state index contributed by atoms with van der Waals surface area (Å²) >= 11 is 0. The number of Topliss-reactive ketones (excluding diaryl/α,β-unsaturated/α-hetero) is 1. The Labute approximate surface area is 174 Å². The highest BCUT2D eigenvalue weighted by atomic mass is 16.5. The van der Waals surface area contributed by atoms with Gasteiger partial charge in [-0.05, 0) is 49.5 Å². The molecule has 1 aliphatic carbocycles. The summed E-state index contributed by atoms with van der Waals surface area (Å²) in [5.74, 6) is 0.867. The molecule has 0 bridgehead atoms. The number of methoxy groups -OCH3 is 2. The Bertz CT molecular complexity index is 717. The Morgan fingerprint density at radius 3 is 2.45 bits per heavy atom. The van der Waals surface area contributed by atoms with Crippen LogP contribution in [0.5, 0.6) is 5.75 Å². The number of carbonyl (C=O) groups is 1. The summed E-state index contributed by atoms with van der Waals surface area (Å²) in [4.78, 5) is 12.9. The van der Waals surface area contributed by atoms with E-state index >= 15 is 0 Å². The molecule has 0 spiro atoms. The van der Waals surface area contributed by atoms with Crippen molar-refractivity contribution >= 4 is 5.78 Å². The van der Waals surface area contributed by atoms with Gasteiger partial charge in [-0.2, -0.15) is 0 Å². The Kier molecular flexibility index (Phi) is 9.08. The van der Waals surface area contributed by atoms with Gasteiger partial charge < -0.3 is 19.3 Å². The third-order valence-electron chi connectivity index (χ3n) is 5.36. The molecule has 1 aromatic rings. The highest BCUT2D eigenvalue weighted by molar-refractivity contribution is 6.00. The topological polar surface area (TPSA) is 65.0 Å². The van der Waals surface area contributed by atoms with Crippen molar-refractivity contribution in [3.8, 4) is 5.75 Å². The lowest BCUT2D eigenvalue weighted by atomic mass is 9.78. The average Bonchev–Trinajstić information content (AvgIpc) is 2.72. The standard InChI is InChI=1S/C24H34O5/c1-16(2)7-6-8-17(3)22-23(26)19(14-25)13-21(24(22)28-5)29-15-18-9-11-20(27-4)12-10-18/h8-13,16,21-22,24-25H,6-7,14-15H2,1-5H3/b17-8+/t21-,22-,24-/m1/s1. The zero-order chi connectivity index (χ0) is 21.4. The summed E-state index contributed by atoms with van der Waals surface area (Å²) in [6.45, 7) is 6.41. The number of allylic oxidation sites excluding steroid dienone is 1. The Morgan fingerprint density at radius 2 is 1.90 bits per heavy atom. The van der Waals surface area contributed by atoms with Crippen LogP contribution in [0.1, 0.15) is 39.2 Å². The summed E-state index contributed by atoms with van der Waals surface area (Å²) in [5.41, 5.74) is 2.36. The first-order valence-corrected chi connectivity index (χ1v) is 10.2. The molecule has 29 heavy (non-hydrogen) atoms. The van der Waals surface area contributed by atoms with Crippen molar-refractivity contribution in [1.82, 2.24) is 0 Å². The Hall–Kier alpha value is -1.95. The fourth-order valence-electron chi connectivity index (χ4n) is 3.61. The zero-order valence-electron chi connectivity index (χ0n) is 18.2. The van der Waals surface area contributed by atoms with E-state index in [-0.39, 0.29) is 12.4 Å². The number of hydrogen-bond acceptors (Lipinski definition) is 5. The highest BCUT2D eigenvalue weighted by Crippen LogP contribution is 2.32. The van der Waals surface area contributed by atoms with Gasteiger partial charge in [-0.15, -0.1) is 0 Å². The second kappa shape index (κ2) is 11.3. The minimum Gasteiger partial charge on any atom is -0.497 e. The van der Waals surface area contributed by atoms with Gasteiger partial charge in [0.2, 0.25) is 0 Å². The van der Waals surface area contributed by atoms with Gasteiger partial charge in [0.1, 0.15) is 18.0 Å². The smallest absolute Gasteiger partial charge is 0.170 e. The molecule has 0 aliphatic heterocycles. The first-order chi connectivity index (χ1) is 13.9. The molecular weight excluding hydrogens is 368 g/mol. The highest BCUT2D eigenvalue weighted by Gasteiger charge is 2.40. The monoisotopic (exact) mass is 402 g/mol. The number of rotatable bonds is 10. The van der Waals surface area contributed by atoms with E-state index in [2.05, 4.69) is 19.9 Å². The lowest BCUT2D eigenvalue weighted by Gasteiger charge is -2.35. The molecule has 0 fully saturated rings. The van der Waals surface area contributed by atoms with Crippen molar-refractivity contribution < 1.29 is 24.1 Å². The minimum absolute atomic E-state index is 0.0815. The molecule has 3 atom stereocenters. The normalized spacial score (nSPS) is 22.7. The van der Waals surface area contributed by atoms with Gasteiger partial charge in [0.05, 0.1) is 26.2 Å². The lowest BCUT2D eigenvalue weighted by molar-refractivity contribution is -0.130. The van der Waals surface area contributed by atoms with Crippen molar-refractivity contribution in [2.75, 3.05) is 20.8 Å². The molecule has 0 saturated carbocycles. The molecule has 0 saturated heterocycles. The number of ether oxygens (including phenoxy) is 3. The fraction of sp³-hybridized carbons (Fsp3) is 0.542. The van der Waals surface area contributed by atoms with Crippen LogP contribution in [0.3, 0.4) is 0 Å². The molecule has 0 amide bonds. The van der Waals surface area contributed by atoms with Crippen molar-refractivity contribution in [2.24, 2.45) is 11.8 Å². The van der Waals surface area contributed by atoms with Gasteiger partial charge in [0.25, 0.3) is 0 Å². The molecule has 2 rings (SSSR count). The largest absolute Gasteiger partial charge is 0.497 e. The average molecular weight is 403 g/mol. The molecule has 160 valence electrons. The van der Waals surface area contributed by atoms with Crippen LogP contribution in [-0.4, -0.2) is 43.9 Å². The lowest BCUT2D eigenvalue weighted by Crippen LogP contribution is -2.45. The number of benzene rings is 1. The first-order valence-electron chi connectivity index (χ1n) is 10.2. The second-order valence-electron chi connectivity index (χ2n) is 7.94. The first kappa shape index (κ1) is 23.3. The van der Waals surface area contributed by atoms with E-state index in [0.717, 1.165) is 29.7 Å². The molecule has 0 aromatic heterocycles. The predicted octanol–water partition coefficient (Wildman–Crippen LogP) is 4.10. The van der Waals surface area contributed by atoms with Crippen molar-refractivity contribution in [2.45, 2.75) is 52.4 Å². The van der Waals surface area contributed by atoms with Gasteiger partial charge in [-0.3, -0.25) is 4.79 Å². The minimum atomic E-state index is -0.444. The summed E-state index contributed by atoms with van der Waals surface area (Å²) in [6, 6.07) is 7.66. The van der Waals surface area contributed by atoms with E-state index in [4.69, 9.17) is 14.2 Å². The van der Waals surface area contributed by atoms with Crippen LogP contribution in [0.15, 0.2) is 47.6 Å². The van der Waals surface area contributed by atoms with Crippen LogP contribution >= 0.6 is 0 Å². The van der Waals surface area contributed by atoms with Crippen LogP contribution in [0, 0.1) is 11.8 Å². The number of carbonyl (C=O) groups excluding carboxylic acids is 1. The Morgan fingerprint density at radius 1 is 1.21 bits per heavy atom. The maximum atomic E-state index is 12.9. The van der Waals surface area contributed by atoms with Crippen molar-refractivity contribution in [3.63, 3.8) is 0 Å². The predicted molar refractivity (Wildman–Crippen MR) is 114 cm³/mol. The number of aliphatic hydroxyl groups excluding tert-OH is 1. The summed E-state index contributed by atoms with van der Waals surface area (Å²) in [7, 11) is 3.24. The summed E-state index contributed by atoms with van der Waals surface area (Å²) in [5, 5.41) is 9.71. The third-order valence-corrected chi connectivity index (χ3v) is 5.36. The summed E-state index contributed by atoms with van der Waals surface area (Å²) < 4.78 is 17.0. The zero-order valence-corrected chi connectivity index (χ0v) is 18.2. The Balaban J connectivity index is 2.18. The molecule has 5 nitrogen and oxygen atoms in total. The van der Waals surface area contributed by atoms with Gasteiger partial charge in [0.15, 0.2) is 5.78 Å². The quantitative estimate of drug-likeness (QED) is 0.597. The van der Waals surface area contributed by atoms with E-state index in [1.165, 1.54) is 0 Å². The van der Waals surface area contributed by atoms with Gasteiger partial charge in [-0.1, -0.05) is 37.6 Å². The van der Waals surface area contributed by atoms with Crippen LogP contribution in [0.2, 0.25) is 0 Å². The van der Waals surface area contributed by atoms with Crippen molar-refractivity contribution in [1.29, 1.82) is 0 Å². The SMILES string of the molecule is COc1ccc(CO[C@@H]2C=C(CO)C(=O)[C@@H](/C(C)=C/CCC(C)C)[C@@H]2OC)cc1. The number of ketones is 1. The van der Waals surface area contributed by atoms with Crippen LogP contribution in [-0.2, 0) is 20.9 Å². The molecule has 5 heteroatoms. The summed E-state index contributed by atoms with van der Waals surface area (Å²) in [6.07, 6.45) is 4.97. The molecule has 1 aromatic carbocycles. The van der Waals surface area contributed by atoms with E-state index in [9.17, 15) is 9.90 Å². The van der Waals surface area contributed by atoms with E-state index in [1.807, 2.05) is 31.2 Å². The molecular formula is C24H34O5. The van der Waals surface area contributed by atoms with Crippen LogP contribution in [0.25, 0.3) is 0 Å². The number of aliphatic hydroxyl groups is 1. The fourth-order valence-corrected chi connectivity index (χ4v) is 3.61. The molecule has 0 radical (unpaired) electrons. The third kappa shape index (κ3) is 6.26.